The molecule has 0 bridgehead atoms. The average Bonchev–Trinajstić information content (AvgIpc) is 2.74. The highest BCUT2D eigenvalue weighted by atomic mass is 16.5. The molecule has 0 aromatic heterocycles. The van der Waals surface area contributed by atoms with Crippen molar-refractivity contribution in [1.29, 1.82) is 0 Å². The van der Waals surface area contributed by atoms with Crippen LogP contribution in [0.2, 0.25) is 0 Å². The molecule has 5 saturated carbocycles. The van der Waals surface area contributed by atoms with E-state index in [0.29, 0.717) is 33.5 Å². The third-order valence-corrected chi connectivity index (χ3v) is 13.7. The van der Waals surface area contributed by atoms with Crippen molar-refractivity contribution in [3.63, 3.8) is 0 Å². The molecule has 10 atom stereocenters. The second-order valence-corrected chi connectivity index (χ2v) is 15.3. The molecule has 2 nitrogen and oxygen atoms in total. The number of esters is 1. The minimum absolute atomic E-state index is 0.0516. The summed E-state index contributed by atoms with van der Waals surface area (Å²) in [7, 11) is 0. The molecule has 0 aromatic rings. The number of carbonyl (C=O) groups is 1. The lowest BCUT2D eigenvalue weighted by atomic mass is 9.31. The van der Waals surface area contributed by atoms with Crippen LogP contribution in [0.1, 0.15) is 120 Å². The summed E-state index contributed by atoms with van der Waals surface area (Å²) in [5.41, 5.74) is 3.27. The molecule has 0 aromatic carbocycles. The molecule has 0 radical (unpaired) electrons. The Balaban J connectivity index is 1.50. The largest absolute Gasteiger partial charge is 0.462 e. The highest BCUT2D eigenvalue weighted by Crippen LogP contribution is 2.77. The summed E-state index contributed by atoms with van der Waals surface area (Å²) in [6.07, 6.45) is 13.2. The van der Waals surface area contributed by atoms with Gasteiger partial charge in [-0.15, -0.1) is 0 Å². The fraction of sp³-hybridized carbons (Fsp3) is 0.906. The number of hydrogen-bond donors (Lipinski definition) is 0. The Hall–Kier alpha value is -0.790. The summed E-state index contributed by atoms with van der Waals surface area (Å²) in [6, 6.07) is 0. The molecule has 0 unspecified atom stereocenters. The van der Waals surface area contributed by atoms with Gasteiger partial charge in [-0.1, -0.05) is 60.6 Å². The minimum atomic E-state index is -0.109. The van der Waals surface area contributed by atoms with E-state index in [0.717, 1.165) is 24.2 Å². The first-order chi connectivity index (χ1) is 15.7. The van der Waals surface area contributed by atoms with Gasteiger partial charge in [0.25, 0.3) is 0 Å². The molecule has 0 heterocycles. The highest BCUT2D eigenvalue weighted by Gasteiger charge is 2.69. The zero-order valence-corrected chi connectivity index (χ0v) is 23.6. The van der Waals surface area contributed by atoms with Crippen LogP contribution in [0.25, 0.3) is 0 Å². The lowest BCUT2D eigenvalue weighted by molar-refractivity contribution is -0.248. The van der Waals surface area contributed by atoms with Gasteiger partial charge in [-0.05, 0) is 115 Å². The molecule has 5 aliphatic carbocycles. The Kier molecular flexibility index (Phi) is 5.57. The van der Waals surface area contributed by atoms with Crippen LogP contribution in [-0.4, -0.2) is 12.1 Å². The summed E-state index contributed by atoms with van der Waals surface area (Å²) in [4.78, 5) is 11.9. The smallest absolute Gasteiger partial charge is 0.302 e. The predicted octanol–water partition coefficient (Wildman–Crippen LogP) is 8.60. The van der Waals surface area contributed by atoms with Crippen molar-refractivity contribution in [3.05, 3.63) is 12.2 Å². The molecule has 0 N–H and O–H groups in total. The Morgan fingerprint density at radius 1 is 0.824 bits per heavy atom. The lowest BCUT2D eigenvalue weighted by Gasteiger charge is -2.73. The number of hydrogen-bond acceptors (Lipinski definition) is 2. The minimum Gasteiger partial charge on any atom is -0.462 e. The molecular weight excluding hydrogens is 416 g/mol. The fourth-order valence-corrected chi connectivity index (χ4v) is 11.6. The first kappa shape index (κ1) is 24.9. The van der Waals surface area contributed by atoms with Crippen molar-refractivity contribution in [2.45, 2.75) is 126 Å². The molecule has 0 aliphatic heterocycles. The van der Waals surface area contributed by atoms with Crippen LogP contribution in [0.5, 0.6) is 0 Å². The Morgan fingerprint density at radius 2 is 1.53 bits per heavy atom. The predicted molar refractivity (Wildman–Crippen MR) is 140 cm³/mol. The quantitative estimate of drug-likeness (QED) is 0.284. The Labute approximate surface area is 210 Å². The van der Waals surface area contributed by atoms with Gasteiger partial charge in [0.05, 0.1) is 0 Å². The summed E-state index contributed by atoms with van der Waals surface area (Å²) in [5.74, 6) is 3.51. The van der Waals surface area contributed by atoms with Gasteiger partial charge in [-0.3, -0.25) is 4.79 Å². The average molecular weight is 469 g/mol. The van der Waals surface area contributed by atoms with E-state index in [1.807, 2.05) is 0 Å². The summed E-state index contributed by atoms with van der Waals surface area (Å²) >= 11 is 0. The molecule has 0 spiro atoms. The molecule has 192 valence electrons. The van der Waals surface area contributed by atoms with Gasteiger partial charge in [0, 0.05) is 12.3 Å². The van der Waals surface area contributed by atoms with E-state index in [1.54, 1.807) is 12.5 Å². The fourth-order valence-electron chi connectivity index (χ4n) is 11.6. The monoisotopic (exact) mass is 468 g/mol. The molecule has 5 fully saturated rings. The van der Waals surface area contributed by atoms with Crippen LogP contribution < -0.4 is 0 Å². The van der Waals surface area contributed by atoms with Gasteiger partial charge in [0.2, 0.25) is 0 Å². The number of allylic oxidation sites excluding steroid dienone is 1. The first-order valence-corrected chi connectivity index (χ1v) is 14.6. The number of ether oxygens (including phenoxy) is 1. The second kappa shape index (κ2) is 7.61. The van der Waals surface area contributed by atoms with Crippen molar-refractivity contribution in [2.75, 3.05) is 0 Å². The molecule has 2 heteroatoms. The van der Waals surface area contributed by atoms with Gasteiger partial charge < -0.3 is 4.74 Å². The maximum absolute atomic E-state index is 11.9. The molecule has 5 rings (SSSR count). The zero-order valence-electron chi connectivity index (χ0n) is 23.6. The zero-order chi connectivity index (χ0) is 24.9. The Bertz CT molecular complexity index is 872. The van der Waals surface area contributed by atoms with Crippen molar-refractivity contribution in [3.8, 4) is 0 Å². The first-order valence-electron chi connectivity index (χ1n) is 14.6. The third-order valence-electron chi connectivity index (χ3n) is 13.7. The van der Waals surface area contributed by atoms with Crippen molar-refractivity contribution >= 4 is 5.97 Å². The standard InChI is InChI=1S/C32H52O2/c1-20-12-15-29(6)18-19-31(8)23(27(29)21(20)2)10-11-25-30(7)16-14-26(34-22(3)33)28(4,5)24(30)13-17-32(25,31)9/h20,23-27H,2,10-19H2,1,3-9H3/t20-,23-,24+,25-,26+,27-,29-,30+,31-,32-/m1/s1. The number of carbonyl (C=O) groups excluding carboxylic acids is 1. The van der Waals surface area contributed by atoms with Crippen LogP contribution in [0.3, 0.4) is 0 Å². The Morgan fingerprint density at radius 3 is 2.21 bits per heavy atom. The van der Waals surface area contributed by atoms with Gasteiger partial charge in [-0.2, -0.15) is 0 Å². The maximum Gasteiger partial charge on any atom is 0.302 e. The SMILES string of the molecule is C=C1[C@H](C)CC[C@]2(C)CC[C@]3(C)[C@H](CC[C@@H]4[C@@]5(C)CC[C@H](OC(C)=O)C(C)(C)[C@@H]5CC[C@]43C)[C@@H]12. The topological polar surface area (TPSA) is 26.3 Å². The van der Waals surface area contributed by atoms with Crippen LogP contribution in [0.4, 0.5) is 0 Å². The number of rotatable bonds is 1. The highest BCUT2D eigenvalue weighted by molar-refractivity contribution is 5.66. The van der Waals surface area contributed by atoms with Gasteiger partial charge in [-0.25, -0.2) is 0 Å². The normalized spacial score (nSPS) is 54.2. The maximum atomic E-state index is 11.9. The van der Waals surface area contributed by atoms with Gasteiger partial charge in [0.1, 0.15) is 6.10 Å². The van der Waals surface area contributed by atoms with Crippen molar-refractivity contribution < 1.29 is 9.53 Å². The van der Waals surface area contributed by atoms with E-state index < -0.39 is 0 Å². The van der Waals surface area contributed by atoms with Crippen LogP contribution in [0.15, 0.2) is 12.2 Å². The van der Waals surface area contributed by atoms with Crippen LogP contribution in [-0.2, 0) is 9.53 Å². The molecule has 34 heavy (non-hydrogen) atoms. The summed E-state index contributed by atoms with van der Waals surface area (Å²) in [6.45, 7) is 24.3. The molecule has 5 aliphatic rings. The summed E-state index contributed by atoms with van der Waals surface area (Å²) < 4.78 is 5.91. The summed E-state index contributed by atoms with van der Waals surface area (Å²) in [5, 5.41) is 0. The van der Waals surface area contributed by atoms with E-state index in [4.69, 9.17) is 11.3 Å². The molecule has 0 saturated heterocycles. The van der Waals surface area contributed by atoms with Crippen molar-refractivity contribution in [1.82, 2.24) is 0 Å². The molecular formula is C32H52O2. The number of fused-ring (bicyclic) bond motifs is 7. The van der Waals surface area contributed by atoms with E-state index in [-0.39, 0.29) is 17.5 Å². The lowest BCUT2D eigenvalue weighted by Crippen LogP contribution is -2.67. The van der Waals surface area contributed by atoms with Crippen LogP contribution in [0, 0.1) is 56.7 Å². The van der Waals surface area contributed by atoms with Crippen LogP contribution >= 0.6 is 0 Å². The second-order valence-electron chi connectivity index (χ2n) is 15.3. The van der Waals surface area contributed by atoms with Crippen molar-refractivity contribution in [2.24, 2.45) is 56.7 Å². The van der Waals surface area contributed by atoms with E-state index in [9.17, 15) is 4.79 Å². The van der Waals surface area contributed by atoms with E-state index in [1.165, 1.54) is 57.8 Å². The van der Waals surface area contributed by atoms with E-state index >= 15 is 0 Å². The molecule has 0 amide bonds. The van der Waals surface area contributed by atoms with E-state index in [2.05, 4.69) is 48.5 Å². The van der Waals surface area contributed by atoms with Gasteiger partial charge in [0.15, 0.2) is 0 Å². The third kappa shape index (κ3) is 3.08. The van der Waals surface area contributed by atoms with Gasteiger partial charge >= 0.3 is 5.97 Å².